The number of carbonyl (C=O) groups excluding carboxylic acids is 2. The van der Waals surface area contributed by atoms with Crippen molar-refractivity contribution in [3.63, 3.8) is 0 Å². The second-order valence-corrected chi connectivity index (χ2v) is 4.94. The second-order valence-electron chi connectivity index (χ2n) is 4.94. The van der Waals surface area contributed by atoms with Crippen molar-refractivity contribution in [3.8, 4) is 5.75 Å². The molecule has 0 saturated carbocycles. The summed E-state index contributed by atoms with van der Waals surface area (Å²) >= 11 is 0. The van der Waals surface area contributed by atoms with E-state index >= 15 is 0 Å². The molecule has 0 bridgehead atoms. The third-order valence-corrected chi connectivity index (χ3v) is 3.07. The van der Waals surface area contributed by atoms with Gasteiger partial charge in [-0.1, -0.05) is 48.5 Å². The number of rotatable bonds is 7. The van der Waals surface area contributed by atoms with Gasteiger partial charge in [0.1, 0.15) is 18.9 Å². The van der Waals surface area contributed by atoms with Crippen molar-refractivity contribution in [2.45, 2.75) is 19.6 Å². The Morgan fingerprint density at radius 1 is 1.00 bits per heavy atom. The smallest absolute Gasteiger partial charge is 0.325 e. The molecule has 120 valence electrons. The average molecular weight is 313 g/mol. The fourth-order valence-corrected chi connectivity index (χ4v) is 1.85. The summed E-state index contributed by atoms with van der Waals surface area (Å²) < 4.78 is 10.6. The zero-order valence-corrected chi connectivity index (χ0v) is 12.9. The summed E-state index contributed by atoms with van der Waals surface area (Å²) in [4.78, 5) is 23.5. The van der Waals surface area contributed by atoms with Crippen LogP contribution < -0.4 is 10.1 Å². The zero-order chi connectivity index (χ0) is 16.5. The maximum absolute atomic E-state index is 11.9. The topological polar surface area (TPSA) is 64.6 Å². The van der Waals surface area contributed by atoms with Crippen molar-refractivity contribution < 1.29 is 19.1 Å². The van der Waals surface area contributed by atoms with Gasteiger partial charge in [0.15, 0.2) is 6.10 Å². The van der Waals surface area contributed by atoms with Gasteiger partial charge in [0.2, 0.25) is 0 Å². The molecule has 1 unspecified atom stereocenters. The monoisotopic (exact) mass is 313 g/mol. The number of hydrogen-bond donors (Lipinski definition) is 1. The summed E-state index contributed by atoms with van der Waals surface area (Å²) in [5.41, 5.74) is 0.896. The van der Waals surface area contributed by atoms with E-state index < -0.39 is 12.1 Å². The number of para-hydroxylation sites is 1. The van der Waals surface area contributed by atoms with Crippen LogP contribution in [0.15, 0.2) is 60.7 Å². The van der Waals surface area contributed by atoms with Crippen LogP contribution in [0.25, 0.3) is 0 Å². The molecule has 0 aliphatic heterocycles. The van der Waals surface area contributed by atoms with Crippen molar-refractivity contribution >= 4 is 11.9 Å². The van der Waals surface area contributed by atoms with Gasteiger partial charge >= 0.3 is 5.97 Å². The lowest BCUT2D eigenvalue weighted by molar-refractivity contribution is -0.145. The molecule has 2 aromatic carbocycles. The van der Waals surface area contributed by atoms with Gasteiger partial charge in [-0.15, -0.1) is 0 Å². The predicted molar refractivity (Wildman–Crippen MR) is 85.8 cm³/mol. The lowest BCUT2D eigenvalue weighted by Gasteiger charge is -2.14. The highest BCUT2D eigenvalue weighted by molar-refractivity contribution is 5.84. The Hall–Kier alpha value is -2.82. The van der Waals surface area contributed by atoms with Crippen molar-refractivity contribution in [3.05, 3.63) is 66.2 Å². The number of esters is 1. The summed E-state index contributed by atoms with van der Waals surface area (Å²) in [7, 11) is 0. The average Bonchev–Trinajstić information content (AvgIpc) is 2.59. The number of ether oxygens (including phenoxy) is 2. The molecule has 0 aromatic heterocycles. The zero-order valence-electron chi connectivity index (χ0n) is 12.9. The highest BCUT2D eigenvalue weighted by atomic mass is 16.5. The molecule has 0 spiro atoms. The quantitative estimate of drug-likeness (QED) is 0.797. The van der Waals surface area contributed by atoms with Crippen LogP contribution in [0.5, 0.6) is 5.75 Å². The Morgan fingerprint density at radius 2 is 1.61 bits per heavy atom. The van der Waals surface area contributed by atoms with E-state index in [0.29, 0.717) is 5.75 Å². The van der Waals surface area contributed by atoms with Gasteiger partial charge in [-0.3, -0.25) is 9.59 Å². The molecule has 23 heavy (non-hydrogen) atoms. The molecule has 0 aliphatic rings. The van der Waals surface area contributed by atoms with E-state index in [0.717, 1.165) is 5.56 Å². The van der Waals surface area contributed by atoms with E-state index in [9.17, 15) is 9.59 Å². The lowest BCUT2D eigenvalue weighted by Crippen LogP contribution is -2.39. The van der Waals surface area contributed by atoms with E-state index in [1.165, 1.54) is 0 Å². The molecular formula is C18H19NO4. The molecule has 2 aromatic rings. The fraction of sp³-hybridized carbons (Fsp3) is 0.222. The summed E-state index contributed by atoms with van der Waals surface area (Å²) in [6.07, 6.45) is -0.695. The number of nitrogens with one attached hydrogen (secondary N) is 1. The molecule has 5 nitrogen and oxygen atoms in total. The van der Waals surface area contributed by atoms with E-state index in [-0.39, 0.29) is 19.1 Å². The largest absolute Gasteiger partial charge is 0.481 e. The number of amides is 1. The highest BCUT2D eigenvalue weighted by Crippen LogP contribution is 2.10. The van der Waals surface area contributed by atoms with Crippen molar-refractivity contribution in [2.24, 2.45) is 0 Å². The Balaban J connectivity index is 1.70. The van der Waals surface area contributed by atoms with Gasteiger partial charge in [-0.05, 0) is 24.6 Å². The SMILES string of the molecule is CC(Oc1ccccc1)C(=O)NCC(=O)OCc1ccccc1. The predicted octanol–water partition coefficient (Wildman–Crippen LogP) is 2.31. The van der Waals surface area contributed by atoms with Gasteiger partial charge in [0.05, 0.1) is 0 Å². The number of benzene rings is 2. The van der Waals surface area contributed by atoms with Crippen LogP contribution in [-0.2, 0) is 20.9 Å². The van der Waals surface area contributed by atoms with Gasteiger partial charge in [-0.2, -0.15) is 0 Å². The minimum absolute atomic E-state index is 0.186. The Kier molecular flexibility index (Phi) is 6.17. The number of carbonyl (C=O) groups is 2. The second kappa shape index (κ2) is 8.58. The van der Waals surface area contributed by atoms with Gasteiger partial charge < -0.3 is 14.8 Å². The van der Waals surface area contributed by atoms with Crippen LogP contribution in [0.1, 0.15) is 12.5 Å². The normalized spacial score (nSPS) is 11.3. The highest BCUT2D eigenvalue weighted by Gasteiger charge is 2.15. The summed E-state index contributed by atoms with van der Waals surface area (Å²) in [5.74, 6) is -0.263. The molecule has 0 saturated heterocycles. The molecule has 0 heterocycles. The summed E-state index contributed by atoms with van der Waals surface area (Å²) in [5, 5.41) is 2.50. The molecule has 5 heteroatoms. The lowest BCUT2D eigenvalue weighted by atomic mass is 10.2. The molecule has 2 rings (SSSR count). The molecule has 0 aliphatic carbocycles. The van der Waals surface area contributed by atoms with Gasteiger partial charge in [-0.25, -0.2) is 0 Å². The maximum atomic E-state index is 11.9. The molecule has 0 fully saturated rings. The maximum Gasteiger partial charge on any atom is 0.325 e. The van der Waals surface area contributed by atoms with Crippen molar-refractivity contribution in [1.29, 1.82) is 0 Å². The summed E-state index contributed by atoms with van der Waals surface area (Å²) in [6, 6.07) is 18.4. The number of hydrogen-bond acceptors (Lipinski definition) is 4. The first-order valence-electron chi connectivity index (χ1n) is 7.34. The molecular weight excluding hydrogens is 294 g/mol. The molecule has 1 atom stereocenters. The van der Waals surface area contributed by atoms with E-state index in [2.05, 4.69) is 5.32 Å². The van der Waals surface area contributed by atoms with Crippen LogP contribution in [0.3, 0.4) is 0 Å². The standard InChI is InChI=1S/C18H19NO4/c1-14(23-16-10-6-3-7-11-16)18(21)19-12-17(20)22-13-15-8-4-2-5-9-15/h2-11,14H,12-13H2,1H3,(H,19,21). The van der Waals surface area contributed by atoms with Gasteiger partial charge in [0.25, 0.3) is 5.91 Å². The van der Waals surface area contributed by atoms with E-state index in [4.69, 9.17) is 9.47 Å². The third-order valence-electron chi connectivity index (χ3n) is 3.07. The van der Waals surface area contributed by atoms with Crippen LogP contribution in [0, 0.1) is 0 Å². The molecule has 0 radical (unpaired) electrons. The van der Waals surface area contributed by atoms with Crippen LogP contribution in [-0.4, -0.2) is 24.5 Å². The Bertz CT molecular complexity index is 628. The fourth-order valence-electron chi connectivity index (χ4n) is 1.85. The first kappa shape index (κ1) is 16.5. The van der Waals surface area contributed by atoms with Gasteiger partial charge in [0, 0.05) is 0 Å². The van der Waals surface area contributed by atoms with Crippen LogP contribution in [0.4, 0.5) is 0 Å². The molecule has 1 N–H and O–H groups in total. The van der Waals surface area contributed by atoms with Crippen molar-refractivity contribution in [2.75, 3.05) is 6.54 Å². The first-order chi connectivity index (χ1) is 11.1. The Labute approximate surface area is 135 Å². The van der Waals surface area contributed by atoms with Crippen LogP contribution >= 0.6 is 0 Å². The van der Waals surface area contributed by atoms with E-state index in [1.54, 1.807) is 19.1 Å². The van der Waals surface area contributed by atoms with E-state index in [1.807, 2.05) is 48.5 Å². The minimum Gasteiger partial charge on any atom is -0.481 e. The third kappa shape index (κ3) is 5.82. The Morgan fingerprint density at radius 3 is 2.26 bits per heavy atom. The first-order valence-corrected chi connectivity index (χ1v) is 7.34. The summed E-state index contributed by atoms with van der Waals surface area (Å²) in [6.45, 7) is 1.62. The van der Waals surface area contributed by atoms with Crippen molar-refractivity contribution in [1.82, 2.24) is 5.32 Å². The molecule has 1 amide bonds. The van der Waals surface area contributed by atoms with Crippen LogP contribution in [0.2, 0.25) is 0 Å². The minimum atomic E-state index is -0.695.